The van der Waals surface area contributed by atoms with Gasteiger partial charge in [0.15, 0.2) is 0 Å². The molecule has 0 bridgehead atoms. The lowest BCUT2D eigenvalue weighted by molar-refractivity contribution is 0.0644. The predicted octanol–water partition coefficient (Wildman–Crippen LogP) is 2.14. The summed E-state index contributed by atoms with van der Waals surface area (Å²) in [6.45, 7) is 4.60. The second kappa shape index (κ2) is 8.91. The van der Waals surface area contributed by atoms with Crippen molar-refractivity contribution in [3.8, 4) is 5.75 Å². The third-order valence-corrected chi connectivity index (χ3v) is 2.54. The quantitative estimate of drug-likeness (QED) is 0.685. The summed E-state index contributed by atoms with van der Waals surface area (Å²) in [5.74, 6) is 0.872. The smallest absolute Gasteiger partial charge is 0.119 e. The molecule has 4 heteroatoms. The number of hydrogen-bond acceptors (Lipinski definition) is 4. The van der Waals surface area contributed by atoms with Crippen molar-refractivity contribution in [2.24, 2.45) is 5.73 Å². The van der Waals surface area contributed by atoms with E-state index in [1.165, 1.54) is 0 Å². The largest absolute Gasteiger partial charge is 0.494 e. The molecule has 0 radical (unpaired) electrons. The van der Waals surface area contributed by atoms with Gasteiger partial charge in [-0.2, -0.15) is 0 Å². The van der Waals surface area contributed by atoms with Crippen LogP contribution in [0.25, 0.3) is 0 Å². The maximum absolute atomic E-state index is 5.78. The van der Waals surface area contributed by atoms with E-state index < -0.39 is 0 Å². The van der Waals surface area contributed by atoms with Gasteiger partial charge in [0.05, 0.1) is 19.8 Å². The molecule has 1 rings (SSSR count). The van der Waals surface area contributed by atoms with Gasteiger partial charge in [0.1, 0.15) is 5.75 Å². The van der Waals surface area contributed by atoms with E-state index >= 15 is 0 Å². The van der Waals surface area contributed by atoms with Gasteiger partial charge in [-0.3, -0.25) is 0 Å². The molecule has 0 aromatic heterocycles. The summed E-state index contributed by atoms with van der Waals surface area (Å²) in [6, 6.07) is 7.95. The average Bonchev–Trinajstić information content (AvgIpc) is 2.38. The summed E-state index contributed by atoms with van der Waals surface area (Å²) in [5.41, 5.74) is 6.89. The second-order valence-corrected chi connectivity index (χ2v) is 4.16. The van der Waals surface area contributed by atoms with Gasteiger partial charge < -0.3 is 19.9 Å². The molecule has 1 aromatic carbocycles. The van der Waals surface area contributed by atoms with Crippen LogP contribution in [0, 0.1) is 0 Å². The highest BCUT2D eigenvalue weighted by atomic mass is 16.5. The molecule has 0 aliphatic heterocycles. The van der Waals surface area contributed by atoms with Crippen LogP contribution in [0.2, 0.25) is 0 Å². The van der Waals surface area contributed by atoms with E-state index in [2.05, 4.69) is 0 Å². The number of benzene rings is 1. The first-order valence-electron chi connectivity index (χ1n) is 6.29. The van der Waals surface area contributed by atoms with Crippen LogP contribution in [-0.4, -0.2) is 33.5 Å². The summed E-state index contributed by atoms with van der Waals surface area (Å²) >= 11 is 0. The third kappa shape index (κ3) is 6.00. The minimum atomic E-state index is 0.0632. The molecular formula is C14H23NO3. The summed E-state index contributed by atoms with van der Waals surface area (Å²) in [6.07, 6.45) is 0.874. The van der Waals surface area contributed by atoms with Crippen LogP contribution in [0.5, 0.6) is 5.75 Å². The first-order chi connectivity index (χ1) is 8.74. The van der Waals surface area contributed by atoms with Crippen molar-refractivity contribution in [2.45, 2.75) is 19.4 Å². The van der Waals surface area contributed by atoms with Crippen LogP contribution in [0.1, 0.15) is 24.9 Å². The standard InChI is InChI=1S/C14H23NO3/c1-12(15)13-4-6-14(7-5-13)18-9-3-8-17-11-10-16-2/h4-7,12H,3,8-11,15H2,1-2H3. The maximum atomic E-state index is 5.78. The maximum Gasteiger partial charge on any atom is 0.119 e. The highest BCUT2D eigenvalue weighted by Crippen LogP contribution is 2.16. The van der Waals surface area contributed by atoms with Crippen molar-refractivity contribution < 1.29 is 14.2 Å². The lowest BCUT2D eigenvalue weighted by Crippen LogP contribution is -2.07. The van der Waals surface area contributed by atoms with Crippen LogP contribution in [-0.2, 0) is 9.47 Å². The molecule has 4 nitrogen and oxygen atoms in total. The first kappa shape index (κ1) is 15.0. The summed E-state index contributed by atoms with van der Waals surface area (Å²) in [7, 11) is 1.67. The fourth-order valence-corrected chi connectivity index (χ4v) is 1.46. The summed E-state index contributed by atoms with van der Waals surface area (Å²) in [4.78, 5) is 0. The highest BCUT2D eigenvalue weighted by molar-refractivity contribution is 5.28. The molecule has 2 N–H and O–H groups in total. The predicted molar refractivity (Wildman–Crippen MR) is 71.9 cm³/mol. The molecule has 1 aromatic rings. The van der Waals surface area contributed by atoms with E-state index in [4.69, 9.17) is 19.9 Å². The minimum absolute atomic E-state index is 0.0632. The van der Waals surface area contributed by atoms with E-state index in [0.717, 1.165) is 17.7 Å². The third-order valence-electron chi connectivity index (χ3n) is 2.54. The summed E-state index contributed by atoms with van der Waals surface area (Å²) < 4.78 is 15.8. The molecule has 0 saturated heterocycles. The average molecular weight is 253 g/mol. The van der Waals surface area contributed by atoms with Crippen LogP contribution in [0.15, 0.2) is 24.3 Å². The Labute approximate surface area is 109 Å². The van der Waals surface area contributed by atoms with E-state index in [-0.39, 0.29) is 6.04 Å². The van der Waals surface area contributed by atoms with Gasteiger partial charge in [-0.05, 0) is 24.6 Å². The van der Waals surface area contributed by atoms with E-state index in [1.54, 1.807) is 7.11 Å². The van der Waals surface area contributed by atoms with Crippen molar-refractivity contribution in [3.05, 3.63) is 29.8 Å². The van der Waals surface area contributed by atoms with Gasteiger partial charge in [-0.25, -0.2) is 0 Å². The van der Waals surface area contributed by atoms with E-state index in [1.807, 2.05) is 31.2 Å². The highest BCUT2D eigenvalue weighted by Gasteiger charge is 1.99. The van der Waals surface area contributed by atoms with Crippen molar-refractivity contribution in [2.75, 3.05) is 33.5 Å². The van der Waals surface area contributed by atoms with Gasteiger partial charge in [0.2, 0.25) is 0 Å². The first-order valence-corrected chi connectivity index (χ1v) is 6.29. The molecule has 0 saturated carbocycles. The molecule has 0 fully saturated rings. The van der Waals surface area contributed by atoms with Gasteiger partial charge in [0.25, 0.3) is 0 Å². The van der Waals surface area contributed by atoms with Crippen LogP contribution in [0.3, 0.4) is 0 Å². The van der Waals surface area contributed by atoms with Crippen LogP contribution in [0.4, 0.5) is 0 Å². The van der Waals surface area contributed by atoms with Crippen LogP contribution >= 0.6 is 0 Å². The molecule has 0 heterocycles. The van der Waals surface area contributed by atoms with Gasteiger partial charge in [-0.15, -0.1) is 0 Å². The fourth-order valence-electron chi connectivity index (χ4n) is 1.46. The fraction of sp³-hybridized carbons (Fsp3) is 0.571. The van der Waals surface area contributed by atoms with Crippen molar-refractivity contribution >= 4 is 0 Å². The lowest BCUT2D eigenvalue weighted by atomic mass is 10.1. The lowest BCUT2D eigenvalue weighted by Gasteiger charge is -2.09. The van der Waals surface area contributed by atoms with Gasteiger partial charge in [-0.1, -0.05) is 12.1 Å². The van der Waals surface area contributed by atoms with Crippen LogP contribution < -0.4 is 10.5 Å². The Morgan fingerprint density at radius 1 is 1.06 bits per heavy atom. The Hall–Kier alpha value is -1.10. The zero-order valence-corrected chi connectivity index (χ0v) is 11.2. The van der Waals surface area contributed by atoms with Crippen molar-refractivity contribution in [1.82, 2.24) is 0 Å². The molecular weight excluding hydrogens is 230 g/mol. The number of methoxy groups -OCH3 is 1. The topological polar surface area (TPSA) is 53.7 Å². The van der Waals surface area contributed by atoms with Gasteiger partial charge in [0, 0.05) is 26.2 Å². The molecule has 102 valence electrons. The molecule has 0 amide bonds. The normalized spacial score (nSPS) is 12.4. The molecule has 0 aliphatic carbocycles. The number of rotatable bonds is 9. The Kier molecular flexibility index (Phi) is 7.41. The molecule has 0 spiro atoms. The van der Waals surface area contributed by atoms with E-state index in [0.29, 0.717) is 26.4 Å². The number of nitrogens with two attached hydrogens (primary N) is 1. The minimum Gasteiger partial charge on any atom is -0.494 e. The van der Waals surface area contributed by atoms with E-state index in [9.17, 15) is 0 Å². The van der Waals surface area contributed by atoms with Gasteiger partial charge >= 0.3 is 0 Å². The van der Waals surface area contributed by atoms with Crippen molar-refractivity contribution in [1.29, 1.82) is 0 Å². The molecule has 18 heavy (non-hydrogen) atoms. The molecule has 0 aliphatic rings. The molecule has 1 unspecified atom stereocenters. The SMILES string of the molecule is COCCOCCCOc1ccc(C(C)N)cc1. The number of hydrogen-bond donors (Lipinski definition) is 1. The zero-order valence-electron chi connectivity index (χ0n) is 11.2. The Morgan fingerprint density at radius 3 is 2.39 bits per heavy atom. The Morgan fingerprint density at radius 2 is 1.78 bits per heavy atom. The Balaban J connectivity index is 2.12. The Bertz CT molecular complexity index is 311. The van der Waals surface area contributed by atoms with Crippen molar-refractivity contribution in [3.63, 3.8) is 0 Å². The number of ether oxygens (including phenoxy) is 3. The molecule has 1 atom stereocenters. The summed E-state index contributed by atoms with van der Waals surface area (Å²) in [5, 5.41) is 0. The second-order valence-electron chi connectivity index (χ2n) is 4.16. The monoisotopic (exact) mass is 253 g/mol. The zero-order chi connectivity index (χ0) is 13.2.